The molecule has 0 aliphatic carbocycles. The maximum Gasteiger partial charge on any atom is 0.279 e. The number of hydrazine groups is 1. The van der Waals surface area contributed by atoms with Crippen LogP contribution in [0.2, 0.25) is 0 Å². The number of nitrogens with zero attached hydrogens (tertiary/aromatic N) is 8. The molecule has 0 bridgehead atoms. The summed E-state index contributed by atoms with van der Waals surface area (Å²) in [6.07, 6.45) is 4.98. The zero-order valence-electron chi connectivity index (χ0n) is 18.9. The molecule has 0 aromatic rings. The fourth-order valence-corrected chi connectivity index (χ4v) is 4.26. The molecule has 0 aromatic carbocycles. The van der Waals surface area contributed by atoms with Gasteiger partial charge in [-0.25, -0.2) is 10.8 Å². The van der Waals surface area contributed by atoms with Crippen molar-refractivity contribution in [3.05, 3.63) is 11.0 Å². The number of halogens is 1. The number of likely N-dealkylation sites (tertiary alicyclic amines) is 1. The predicted octanol–water partition coefficient (Wildman–Crippen LogP) is -0.0231. The highest BCUT2D eigenvalue weighted by molar-refractivity contribution is 6.30. The van der Waals surface area contributed by atoms with Crippen LogP contribution in [0.25, 0.3) is 0 Å². The number of hydrogen-bond acceptors (Lipinski definition) is 9. The second kappa shape index (κ2) is 11.2. The van der Waals surface area contributed by atoms with Crippen molar-refractivity contribution in [1.29, 1.82) is 0 Å². The Hall–Kier alpha value is -3.33. The zero-order valence-corrected chi connectivity index (χ0v) is 19.7. The van der Waals surface area contributed by atoms with E-state index in [0.717, 1.165) is 19.3 Å². The number of rotatable bonds is 6. The molecule has 34 heavy (non-hydrogen) atoms. The highest BCUT2D eigenvalue weighted by atomic mass is 35.5. The Labute approximate surface area is 201 Å². The molecule has 15 nitrogen and oxygen atoms in total. The number of carbonyl (C=O) groups excluding carboxylic acids is 2. The first-order valence-electron chi connectivity index (χ1n) is 11.0. The lowest BCUT2D eigenvalue weighted by Crippen LogP contribution is -2.54. The first-order valence-corrected chi connectivity index (χ1v) is 11.4. The van der Waals surface area contributed by atoms with Gasteiger partial charge in [-0.05, 0) is 19.3 Å². The van der Waals surface area contributed by atoms with Gasteiger partial charge in [-0.1, -0.05) is 41.8 Å². The van der Waals surface area contributed by atoms with Crippen LogP contribution in [0.1, 0.15) is 45.4 Å². The molecule has 3 rings (SSSR count). The summed E-state index contributed by atoms with van der Waals surface area (Å²) in [6.45, 7) is 3.79. The van der Waals surface area contributed by atoms with Crippen molar-refractivity contribution in [2.75, 3.05) is 19.6 Å². The van der Waals surface area contributed by atoms with Gasteiger partial charge in [-0.15, -0.1) is 10.2 Å². The van der Waals surface area contributed by atoms with Crippen LogP contribution >= 0.6 is 11.6 Å². The van der Waals surface area contributed by atoms with Crippen LogP contribution in [0.4, 0.5) is 0 Å². The molecular weight excluding hydrogens is 466 g/mol. The van der Waals surface area contributed by atoms with E-state index in [1.807, 2.05) is 4.90 Å². The molecule has 3 aliphatic rings. The van der Waals surface area contributed by atoms with E-state index in [1.54, 1.807) is 0 Å². The number of amidine groups is 1. The van der Waals surface area contributed by atoms with E-state index in [4.69, 9.17) is 29.1 Å². The maximum absolute atomic E-state index is 12.9. The normalized spacial score (nSPS) is 23.7. The molecule has 2 saturated heterocycles. The minimum absolute atomic E-state index is 0.0693. The zero-order chi connectivity index (χ0) is 24.7. The maximum atomic E-state index is 12.9. The molecule has 0 saturated carbocycles. The van der Waals surface area contributed by atoms with Crippen molar-refractivity contribution in [3.63, 3.8) is 0 Å². The van der Waals surface area contributed by atoms with Crippen molar-refractivity contribution in [1.82, 2.24) is 20.5 Å². The van der Waals surface area contributed by atoms with Gasteiger partial charge in [-0.2, -0.15) is 4.99 Å². The lowest BCUT2D eigenvalue weighted by atomic mass is 9.88. The van der Waals surface area contributed by atoms with E-state index in [9.17, 15) is 9.59 Å². The number of amides is 2. The van der Waals surface area contributed by atoms with Gasteiger partial charge in [0.2, 0.25) is 17.7 Å². The average Bonchev–Trinajstić information content (AvgIpc) is 3.10. The minimum Gasteiger partial charge on any atom is -0.355 e. The van der Waals surface area contributed by atoms with Crippen LogP contribution in [-0.2, 0) is 9.59 Å². The van der Waals surface area contributed by atoms with Crippen molar-refractivity contribution in [3.8, 4) is 0 Å². The van der Waals surface area contributed by atoms with Gasteiger partial charge in [0, 0.05) is 19.5 Å². The van der Waals surface area contributed by atoms with Gasteiger partial charge in [0.05, 0.1) is 12.1 Å². The van der Waals surface area contributed by atoms with E-state index in [2.05, 4.69) is 48.2 Å². The van der Waals surface area contributed by atoms with Crippen LogP contribution in [-0.4, -0.2) is 64.7 Å². The molecule has 1 atom stereocenters. The van der Waals surface area contributed by atoms with Crippen LogP contribution < -0.4 is 28.2 Å². The largest absolute Gasteiger partial charge is 0.355 e. The van der Waals surface area contributed by atoms with Crippen LogP contribution in [0, 0.1) is 0 Å². The number of hydrogen-bond donors (Lipinski definition) is 5. The number of piperidine rings is 1. The fourth-order valence-electron chi connectivity index (χ4n) is 4.07. The molecule has 3 heterocycles. The first-order chi connectivity index (χ1) is 16.3. The number of nitrogens with one attached hydrogen (secondary N) is 2. The Morgan fingerprint density at radius 1 is 1.21 bits per heavy atom. The molecule has 16 heteroatoms. The molecular formula is C18H30ClN13O2. The third-order valence-electron chi connectivity index (χ3n) is 5.91. The van der Waals surface area contributed by atoms with Crippen LogP contribution in [0.3, 0.4) is 0 Å². The molecule has 2 amide bonds. The number of unbranched alkanes of at least 4 members (excludes halogenated alkanes) is 2. The molecule has 0 radical (unpaired) electrons. The highest BCUT2D eigenvalue weighted by Crippen LogP contribution is 2.28. The van der Waals surface area contributed by atoms with Gasteiger partial charge in [0.1, 0.15) is 0 Å². The molecule has 186 valence electrons. The fraction of sp³-hybridized carbons (Fsp3) is 0.667. The Kier molecular flexibility index (Phi) is 8.33. The van der Waals surface area contributed by atoms with Crippen molar-refractivity contribution < 1.29 is 9.59 Å². The molecule has 1 spiro atoms. The molecule has 8 N–H and O–H groups in total. The summed E-state index contributed by atoms with van der Waals surface area (Å²) in [4.78, 5) is 35.4. The topological polar surface area (TPSA) is 217 Å². The smallest absolute Gasteiger partial charge is 0.279 e. The van der Waals surface area contributed by atoms with Crippen molar-refractivity contribution in [2.45, 2.75) is 57.0 Å². The Balaban J connectivity index is 1.66. The summed E-state index contributed by atoms with van der Waals surface area (Å²) in [5, 5.41) is 20.8. The van der Waals surface area contributed by atoms with E-state index < -0.39 is 11.9 Å². The summed E-state index contributed by atoms with van der Waals surface area (Å²) >= 11 is 6.07. The molecule has 1 unspecified atom stereocenters. The van der Waals surface area contributed by atoms with Gasteiger partial charge in [0.25, 0.3) is 5.91 Å². The van der Waals surface area contributed by atoms with E-state index >= 15 is 0 Å². The number of nitrogens with two attached hydrogens (primary N) is 3. The van der Waals surface area contributed by atoms with Crippen LogP contribution in [0.15, 0.2) is 41.6 Å². The summed E-state index contributed by atoms with van der Waals surface area (Å²) in [5.41, 5.74) is -0.381. The quantitative estimate of drug-likeness (QED) is 0.110. The first kappa shape index (κ1) is 25.3. The Morgan fingerprint density at radius 2 is 1.91 bits per heavy atom. The van der Waals surface area contributed by atoms with Gasteiger partial charge < -0.3 is 27.2 Å². The Morgan fingerprint density at radius 3 is 2.56 bits per heavy atom. The van der Waals surface area contributed by atoms with E-state index in [-0.39, 0.29) is 34.2 Å². The summed E-state index contributed by atoms with van der Waals surface area (Å²) in [7, 11) is 0. The third kappa shape index (κ3) is 5.77. The summed E-state index contributed by atoms with van der Waals surface area (Å²) < 4.78 is 0. The number of carbonyl (C=O) groups is 2. The van der Waals surface area contributed by atoms with Gasteiger partial charge >= 0.3 is 0 Å². The second-order valence-electron chi connectivity index (χ2n) is 8.26. The van der Waals surface area contributed by atoms with Crippen LogP contribution in [0.5, 0.6) is 0 Å². The number of aliphatic imine (C=N–C) groups is 2. The lowest BCUT2D eigenvalue weighted by molar-refractivity contribution is -0.133. The SMILES string of the molecule is CCCCCC(=O)N1CCC2(CC1)CN(N)/C(=N\C(=O)C1NC(Cl)=C(N=NN)N=C1N=NN)N2. The lowest BCUT2D eigenvalue weighted by Gasteiger charge is -2.38. The minimum atomic E-state index is -1.17. The molecule has 3 aliphatic heterocycles. The summed E-state index contributed by atoms with van der Waals surface area (Å²) in [5.74, 6) is 15.8. The molecule has 2 fully saturated rings. The van der Waals surface area contributed by atoms with Gasteiger partial charge in [-0.3, -0.25) is 14.6 Å². The predicted molar refractivity (Wildman–Crippen MR) is 124 cm³/mol. The second-order valence-corrected chi connectivity index (χ2v) is 8.64. The van der Waals surface area contributed by atoms with E-state index in [1.165, 1.54) is 5.01 Å². The summed E-state index contributed by atoms with van der Waals surface area (Å²) in [6, 6.07) is -1.17. The van der Waals surface area contributed by atoms with Crippen molar-refractivity contribution >= 4 is 35.2 Å². The average molecular weight is 496 g/mol. The monoisotopic (exact) mass is 495 g/mol. The third-order valence-corrected chi connectivity index (χ3v) is 6.19. The standard InChI is InChI=1S/C18H30ClN13O2/c1-2-3-4-5-11(33)31-8-6-18(7-9-31)10-32(22)17(26-18)25-16(34)12-14(27-29-20)24-15(28-30-21)13(19)23-12/h12,23H,2-10,22H2,1H3,(H2,21,28)(H2,20,24,27)(H,25,26,34). The van der Waals surface area contributed by atoms with Gasteiger partial charge in [0.15, 0.2) is 17.0 Å². The highest BCUT2D eigenvalue weighted by Gasteiger charge is 2.44. The molecule has 0 aromatic heterocycles. The number of guanidine groups is 1. The van der Waals surface area contributed by atoms with E-state index in [0.29, 0.717) is 38.9 Å². The Bertz CT molecular complexity index is 936. The van der Waals surface area contributed by atoms with Crippen molar-refractivity contribution in [2.24, 2.45) is 48.2 Å².